The SMILES string of the molecule is COc1ncc(Br)c(NCCc2ccn[nH]2)n1. The van der Waals surface area contributed by atoms with Gasteiger partial charge in [0, 0.05) is 24.9 Å². The lowest BCUT2D eigenvalue weighted by atomic mass is 10.3. The molecule has 0 atom stereocenters. The third kappa shape index (κ3) is 3.16. The maximum atomic E-state index is 4.96. The third-order valence-corrected chi connectivity index (χ3v) is 2.73. The van der Waals surface area contributed by atoms with Crippen molar-refractivity contribution in [1.82, 2.24) is 20.2 Å². The molecule has 17 heavy (non-hydrogen) atoms. The van der Waals surface area contributed by atoms with Crippen molar-refractivity contribution in [3.8, 4) is 6.01 Å². The van der Waals surface area contributed by atoms with Gasteiger partial charge in [-0.3, -0.25) is 5.10 Å². The summed E-state index contributed by atoms with van der Waals surface area (Å²) < 4.78 is 5.77. The van der Waals surface area contributed by atoms with Crippen molar-refractivity contribution < 1.29 is 4.74 Å². The number of nitrogens with zero attached hydrogens (tertiary/aromatic N) is 3. The summed E-state index contributed by atoms with van der Waals surface area (Å²) in [5, 5.41) is 9.99. The molecule has 0 fully saturated rings. The first-order valence-corrected chi connectivity index (χ1v) is 5.87. The molecule has 0 bridgehead atoms. The van der Waals surface area contributed by atoms with E-state index in [-0.39, 0.29) is 0 Å². The van der Waals surface area contributed by atoms with E-state index in [1.807, 2.05) is 6.07 Å². The van der Waals surface area contributed by atoms with Gasteiger partial charge in [-0.05, 0) is 22.0 Å². The maximum absolute atomic E-state index is 4.96. The molecule has 0 aliphatic heterocycles. The molecule has 0 amide bonds. The second-order valence-corrected chi connectivity index (χ2v) is 4.17. The van der Waals surface area contributed by atoms with E-state index >= 15 is 0 Å². The van der Waals surface area contributed by atoms with Gasteiger partial charge in [0.15, 0.2) is 0 Å². The quantitative estimate of drug-likeness (QED) is 0.877. The molecule has 7 heteroatoms. The molecule has 0 spiro atoms. The lowest BCUT2D eigenvalue weighted by molar-refractivity contribution is 0.380. The molecular weight excluding hydrogens is 286 g/mol. The van der Waals surface area contributed by atoms with Crippen molar-refractivity contribution in [3.05, 3.63) is 28.6 Å². The van der Waals surface area contributed by atoms with Crippen LogP contribution in [0.3, 0.4) is 0 Å². The zero-order valence-corrected chi connectivity index (χ0v) is 10.9. The number of hydrogen-bond donors (Lipinski definition) is 2. The smallest absolute Gasteiger partial charge is 0.318 e. The first-order valence-electron chi connectivity index (χ1n) is 5.08. The summed E-state index contributed by atoms with van der Waals surface area (Å²) in [6.45, 7) is 0.751. The zero-order valence-electron chi connectivity index (χ0n) is 9.27. The largest absolute Gasteiger partial charge is 0.467 e. The van der Waals surface area contributed by atoms with Crippen LogP contribution in [0.4, 0.5) is 5.82 Å². The van der Waals surface area contributed by atoms with Crippen LogP contribution in [-0.4, -0.2) is 33.8 Å². The monoisotopic (exact) mass is 297 g/mol. The Morgan fingerprint density at radius 2 is 2.41 bits per heavy atom. The molecule has 90 valence electrons. The predicted octanol–water partition coefficient (Wildman–Crippen LogP) is 1.63. The molecule has 2 heterocycles. The van der Waals surface area contributed by atoms with Gasteiger partial charge in [0.1, 0.15) is 5.82 Å². The van der Waals surface area contributed by atoms with Crippen LogP contribution in [0.15, 0.2) is 22.9 Å². The fourth-order valence-corrected chi connectivity index (χ4v) is 1.64. The number of hydrogen-bond acceptors (Lipinski definition) is 5. The van der Waals surface area contributed by atoms with E-state index in [0.717, 1.165) is 29.0 Å². The molecule has 6 nitrogen and oxygen atoms in total. The van der Waals surface area contributed by atoms with Gasteiger partial charge >= 0.3 is 6.01 Å². The van der Waals surface area contributed by atoms with Gasteiger partial charge in [0.25, 0.3) is 0 Å². The van der Waals surface area contributed by atoms with Crippen molar-refractivity contribution in [1.29, 1.82) is 0 Å². The summed E-state index contributed by atoms with van der Waals surface area (Å²) in [4.78, 5) is 8.17. The summed E-state index contributed by atoms with van der Waals surface area (Å²) in [5.41, 5.74) is 1.08. The molecule has 0 radical (unpaired) electrons. The fraction of sp³-hybridized carbons (Fsp3) is 0.300. The van der Waals surface area contributed by atoms with E-state index < -0.39 is 0 Å². The van der Waals surface area contributed by atoms with Crippen LogP contribution in [0.25, 0.3) is 0 Å². The number of H-pyrrole nitrogens is 1. The number of rotatable bonds is 5. The first kappa shape index (κ1) is 11.8. The number of halogens is 1. The van der Waals surface area contributed by atoms with Gasteiger partial charge in [-0.2, -0.15) is 10.1 Å². The summed E-state index contributed by atoms with van der Waals surface area (Å²) in [5.74, 6) is 0.719. The predicted molar refractivity (Wildman–Crippen MR) is 67.1 cm³/mol. The van der Waals surface area contributed by atoms with Crippen LogP contribution in [-0.2, 0) is 6.42 Å². The minimum absolute atomic E-state index is 0.345. The average Bonchev–Trinajstić information content (AvgIpc) is 2.84. The number of aromatic amines is 1. The number of methoxy groups -OCH3 is 1. The lowest BCUT2D eigenvalue weighted by Crippen LogP contribution is -2.08. The van der Waals surface area contributed by atoms with E-state index in [2.05, 4.69) is 41.4 Å². The molecule has 0 saturated carbocycles. The van der Waals surface area contributed by atoms with Gasteiger partial charge in [0.05, 0.1) is 17.8 Å². The highest BCUT2D eigenvalue weighted by molar-refractivity contribution is 9.10. The maximum Gasteiger partial charge on any atom is 0.318 e. The molecule has 2 aromatic heterocycles. The summed E-state index contributed by atoms with van der Waals surface area (Å²) in [6.07, 6.45) is 4.24. The highest BCUT2D eigenvalue weighted by atomic mass is 79.9. The Kier molecular flexibility index (Phi) is 3.92. The highest BCUT2D eigenvalue weighted by Gasteiger charge is 2.04. The molecule has 0 aliphatic rings. The fourth-order valence-electron chi connectivity index (χ4n) is 1.31. The average molecular weight is 298 g/mol. The summed E-state index contributed by atoms with van der Waals surface area (Å²) in [7, 11) is 1.54. The first-order chi connectivity index (χ1) is 8.29. The molecule has 0 aromatic carbocycles. The normalized spacial score (nSPS) is 10.2. The van der Waals surface area contributed by atoms with Crippen molar-refractivity contribution in [2.75, 3.05) is 19.0 Å². The van der Waals surface area contributed by atoms with Crippen LogP contribution in [0.5, 0.6) is 6.01 Å². The topological polar surface area (TPSA) is 75.7 Å². The molecule has 2 N–H and O–H groups in total. The van der Waals surface area contributed by atoms with E-state index in [1.165, 1.54) is 7.11 Å². The van der Waals surface area contributed by atoms with Crippen molar-refractivity contribution in [3.63, 3.8) is 0 Å². The molecule has 2 rings (SSSR count). The number of ether oxygens (including phenoxy) is 1. The minimum Gasteiger partial charge on any atom is -0.467 e. The van der Waals surface area contributed by atoms with Gasteiger partial charge in [-0.1, -0.05) is 0 Å². The van der Waals surface area contributed by atoms with Crippen molar-refractivity contribution in [2.45, 2.75) is 6.42 Å². The third-order valence-electron chi connectivity index (χ3n) is 2.15. The van der Waals surface area contributed by atoms with E-state index in [1.54, 1.807) is 12.4 Å². The number of anilines is 1. The molecular formula is C10H12BrN5O. The Morgan fingerprint density at radius 1 is 1.53 bits per heavy atom. The second kappa shape index (κ2) is 5.62. The molecule has 0 saturated heterocycles. The molecule has 2 aromatic rings. The van der Waals surface area contributed by atoms with E-state index in [9.17, 15) is 0 Å². The summed E-state index contributed by atoms with van der Waals surface area (Å²) >= 11 is 3.38. The number of nitrogens with one attached hydrogen (secondary N) is 2. The molecule has 0 unspecified atom stereocenters. The summed E-state index contributed by atoms with van der Waals surface area (Å²) in [6, 6.07) is 2.29. The Hall–Kier alpha value is -1.63. The van der Waals surface area contributed by atoms with Gasteiger partial charge in [0.2, 0.25) is 0 Å². The second-order valence-electron chi connectivity index (χ2n) is 3.31. The molecule has 0 aliphatic carbocycles. The van der Waals surface area contributed by atoms with Crippen molar-refractivity contribution >= 4 is 21.7 Å². The Labute approximate surface area is 107 Å². The van der Waals surface area contributed by atoms with Crippen LogP contribution < -0.4 is 10.1 Å². The van der Waals surface area contributed by atoms with Crippen LogP contribution in [0, 0.1) is 0 Å². The van der Waals surface area contributed by atoms with E-state index in [0.29, 0.717) is 6.01 Å². The van der Waals surface area contributed by atoms with Gasteiger partial charge in [-0.25, -0.2) is 4.98 Å². The zero-order chi connectivity index (χ0) is 12.1. The van der Waals surface area contributed by atoms with Gasteiger partial charge in [-0.15, -0.1) is 0 Å². The highest BCUT2D eigenvalue weighted by Crippen LogP contribution is 2.20. The number of aromatic nitrogens is 4. The van der Waals surface area contributed by atoms with Crippen LogP contribution in [0.1, 0.15) is 5.69 Å². The minimum atomic E-state index is 0.345. The van der Waals surface area contributed by atoms with Gasteiger partial charge < -0.3 is 10.1 Å². The Balaban J connectivity index is 1.94. The van der Waals surface area contributed by atoms with Crippen LogP contribution >= 0.6 is 15.9 Å². The lowest BCUT2D eigenvalue weighted by Gasteiger charge is -2.07. The Bertz CT molecular complexity index is 474. The van der Waals surface area contributed by atoms with Crippen LogP contribution in [0.2, 0.25) is 0 Å². The van der Waals surface area contributed by atoms with E-state index in [4.69, 9.17) is 4.74 Å². The Morgan fingerprint density at radius 3 is 3.12 bits per heavy atom. The standard InChI is InChI=1S/C10H12BrN5O/c1-17-10-13-6-8(11)9(15-10)12-4-2-7-3-5-14-16-7/h3,5-6H,2,4H2,1H3,(H,14,16)(H,12,13,15). The van der Waals surface area contributed by atoms with Crippen molar-refractivity contribution in [2.24, 2.45) is 0 Å².